The number of carbonyl (C=O) groups excluding carboxylic acids is 2. The SMILES string of the molecule is O=C(CNC(=O)OCc1ccccc1)NCc1nccnc1-c1cccs1. The predicted octanol–water partition coefficient (Wildman–Crippen LogP) is 2.75. The van der Waals surface area contributed by atoms with E-state index in [0.29, 0.717) is 5.69 Å². The zero-order chi connectivity index (χ0) is 18.9. The molecule has 2 amide bonds. The largest absolute Gasteiger partial charge is 0.445 e. The van der Waals surface area contributed by atoms with Crippen molar-refractivity contribution < 1.29 is 14.3 Å². The molecule has 0 saturated heterocycles. The van der Waals surface area contributed by atoms with Crippen LogP contribution in [0, 0.1) is 0 Å². The minimum Gasteiger partial charge on any atom is -0.445 e. The lowest BCUT2D eigenvalue weighted by atomic mass is 10.2. The van der Waals surface area contributed by atoms with E-state index in [2.05, 4.69) is 20.6 Å². The van der Waals surface area contributed by atoms with Crippen molar-refractivity contribution in [3.05, 3.63) is 71.5 Å². The van der Waals surface area contributed by atoms with Crippen molar-refractivity contribution in [1.82, 2.24) is 20.6 Å². The van der Waals surface area contributed by atoms with Gasteiger partial charge in [0.1, 0.15) is 18.8 Å². The summed E-state index contributed by atoms with van der Waals surface area (Å²) >= 11 is 1.55. The second-order valence-corrected chi connectivity index (χ2v) is 6.47. The molecule has 0 atom stereocenters. The van der Waals surface area contributed by atoms with Crippen LogP contribution < -0.4 is 10.6 Å². The number of alkyl carbamates (subject to hydrolysis) is 1. The standard InChI is InChI=1S/C19H18N4O3S/c24-17(12-23-19(25)26-13-14-5-2-1-3-6-14)22-11-15-18(21-9-8-20-15)16-7-4-10-27-16/h1-10H,11-13H2,(H,22,24)(H,23,25). The van der Waals surface area contributed by atoms with Gasteiger partial charge in [-0.05, 0) is 17.0 Å². The molecule has 0 radical (unpaired) electrons. The van der Waals surface area contributed by atoms with E-state index in [1.165, 1.54) is 0 Å². The first-order valence-corrected chi connectivity index (χ1v) is 9.15. The van der Waals surface area contributed by atoms with E-state index in [0.717, 1.165) is 16.1 Å². The van der Waals surface area contributed by atoms with Crippen LogP contribution in [-0.2, 0) is 22.7 Å². The Kier molecular flexibility index (Phi) is 6.48. The molecule has 2 aromatic heterocycles. The smallest absolute Gasteiger partial charge is 0.407 e. The fourth-order valence-electron chi connectivity index (χ4n) is 2.29. The van der Waals surface area contributed by atoms with E-state index in [9.17, 15) is 9.59 Å². The molecule has 0 saturated carbocycles. The molecule has 0 aliphatic heterocycles. The van der Waals surface area contributed by atoms with E-state index in [-0.39, 0.29) is 25.6 Å². The maximum atomic E-state index is 12.0. The normalized spacial score (nSPS) is 10.2. The maximum Gasteiger partial charge on any atom is 0.407 e. The number of rotatable bonds is 7. The Morgan fingerprint density at radius 3 is 2.59 bits per heavy atom. The molecular weight excluding hydrogens is 364 g/mol. The molecule has 3 aromatic rings. The van der Waals surface area contributed by atoms with Crippen LogP contribution in [0.3, 0.4) is 0 Å². The van der Waals surface area contributed by atoms with Crippen LogP contribution in [0.15, 0.2) is 60.2 Å². The van der Waals surface area contributed by atoms with Crippen LogP contribution in [0.2, 0.25) is 0 Å². The Labute approximate surface area is 160 Å². The lowest BCUT2D eigenvalue weighted by Crippen LogP contribution is -2.37. The number of nitrogens with one attached hydrogen (secondary N) is 2. The number of thiophene rings is 1. The Morgan fingerprint density at radius 1 is 1.00 bits per heavy atom. The molecule has 2 N–H and O–H groups in total. The van der Waals surface area contributed by atoms with Gasteiger partial charge in [-0.2, -0.15) is 0 Å². The van der Waals surface area contributed by atoms with Gasteiger partial charge in [-0.1, -0.05) is 36.4 Å². The number of hydrogen-bond acceptors (Lipinski definition) is 6. The number of amides is 2. The van der Waals surface area contributed by atoms with Crippen molar-refractivity contribution in [3.8, 4) is 10.6 Å². The lowest BCUT2D eigenvalue weighted by molar-refractivity contribution is -0.120. The summed E-state index contributed by atoms with van der Waals surface area (Å²) in [7, 11) is 0. The number of hydrogen-bond donors (Lipinski definition) is 2. The molecule has 0 spiro atoms. The van der Waals surface area contributed by atoms with Gasteiger partial charge in [0.05, 0.1) is 17.1 Å². The lowest BCUT2D eigenvalue weighted by Gasteiger charge is -2.09. The minimum absolute atomic E-state index is 0.151. The summed E-state index contributed by atoms with van der Waals surface area (Å²) in [6, 6.07) is 13.2. The number of aromatic nitrogens is 2. The molecule has 27 heavy (non-hydrogen) atoms. The molecule has 2 heterocycles. The van der Waals surface area contributed by atoms with E-state index >= 15 is 0 Å². The second-order valence-electron chi connectivity index (χ2n) is 5.52. The molecule has 0 bridgehead atoms. The molecule has 8 heteroatoms. The van der Waals surface area contributed by atoms with Gasteiger partial charge in [-0.15, -0.1) is 11.3 Å². The Hall–Kier alpha value is -3.26. The van der Waals surface area contributed by atoms with Crippen molar-refractivity contribution in [2.45, 2.75) is 13.2 Å². The summed E-state index contributed by atoms with van der Waals surface area (Å²) < 4.78 is 5.06. The summed E-state index contributed by atoms with van der Waals surface area (Å²) in [5.41, 5.74) is 2.28. The van der Waals surface area contributed by atoms with Gasteiger partial charge in [-0.25, -0.2) is 4.79 Å². The first-order chi connectivity index (χ1) is 13.2. The summed E-state index contributed by atoms with van der Waals surface area (Å²) in [6.07, 6.45) is 2.55. The zero-order valence-electron chi connectivity index (χ0n) is 14.4. The van der Waals surface area contributed by atoms with Crippen molar-refractivity contribution in [2.24, 2.45) is 0 Å². The van der Waals surface area contributed by atoms with Crippen LogP contribution in [0.1, 0.15) is 11.3 Å². The van der Waals surface area contributed by atoms with Crippen molar-refractivity contribution >= 4 is 23.3 Å². The van der Waals surface area contributed by atoms with Gasteiger partial charge in [0.15, 0.2) is 0 Å². The first kappa shape index (κ1) is 18.5. The topological polar surface area (TPSA) is 93.2 Å². The van der Waals surface area contributed by atoms with E-state index < -0.39 is 6.09 Å². The fraction of sp³-hybridized carbons (Fsp3) is 0.158. The van der Waals surface area contributed by atoms with E-state index in [1.807, 2.05) is 47.8 Å². The van der Waals surface area contributed by atoms with Crippen LogP contribution >= 0.6 is 11.3 Å². The van der Waals surface area contributed by atoms with Crippen LogP contribution in [0.25, 0.3) is 10.6 Å². The van der Waals surface area contributed by atoms with Gasteiger partial charge in [0.2, 0.25) is 5.91 Å². The van der Waals surface area contributed by atoms with Crippen LogP contribution in [0.4, 0.5) is 4.79 Å². The average molecular weight is 382 g/mol. The zero-order valence-corrected chi connectivity index (χ0v) is 15.2. The van der Waals surface area contributed by atoms with E-state index in [4.69, 9.17) is 4.74 Å². The summed E-state index contributed by atoms with van der Waals surface area (Å²) in [5.74, 6) is -0.338. The number of nitrogens with zero attached hydrogens (tertiary/aromatic N) is 2. The molecule has 1 aromatic carbocycles. The third-order valence-electron chi connectivity index (χ3n) is 3.59. The minimum atomic E-state index is -0.646. The van der Waals surface area contributed by atoms with Gasteiger partial charge < -0.3 is 15.4 Å². The predicted molar refractivity (Wildman–Crippen MR) is 102 cm³/mol. The molecule has 0 unspecified atom stereocenters. The van der Waals surface area contributed by atoms with Crippen LogP contribution in [-0.4, -0.2) is 28.5 Å². The summed E-state index contributed by atoms with van der Waals surface area (Å²) in [6.45, 7) is 0.195. The maximum absolute atomic E-state index is 12.0. The van der Waals surface area contributed by atoms with Crippen molar-refractivity contribution in [1.29, 1.82) is 0 Å². The van der Waals surface area contributed by atoms with Gasteiger partial charge in [0.25, 0.3) is 0 Å². The van der Waals surface area contributed by atoms with Crippen molar-refractivity contribution in [2.75, 3.05) is 6.54 Å². The second kappa shape index (κ2) is 9.44. The monoisotopic (exact) mass is 382 g/mol. The molecule has 3 rings (SSSR count). The fourth-order valence-corrected chi connectivity index (χ4v) is 3.03. The molecule has 7 nitrogen and oxygen atoms in total. The highest BCUT2D eigenvalue weighted by Gasteiger charge is 2.11. The van der Waals surface area contributed by atoms with Crippen molar-refractivity contribution in [3.63, 3.8) is 0 Å². The number of carbonyl (C=O) groups is 2. The molecule has 0 aliphatic rings. The van der Waals surface area contributed by atoms with Gasteiger partial charge in [-0.3, -0.25) is 14.8 Å². The molecule has 0 aliphatic carbocycles. The van der Waals surface area contributed by atoms with Gasteiger partial charge >= 0.3 is 6.09 Å². The van der Waals surface area contributed by atoms with E-state index in [1.54, 1.807) is 23.7 Å². The summed E-state index contributed by atoms with van der Waals surface area (Å²) in [4.78, 5) is 33.2. The molecular formula is C19H18N4O3S. The Bertz CT molecular complexity index is 885. The highest BCUT2D eigenvalue weighted by molar-refractivity contribution is 7.13. The number of benzene rings is 1. The average Bonchev–Trinajstić information content (AvgIpc) is 3.25. The first-order valence-electron chi connectivity index (χ1n) is 8.27. The Morgan fingerprint density at radius 2 is 1.81 bits per heavy atom. The molecule has 0 fully saturated rings. The quantitative estimate of drug-likeness (QED) is 0.655. The number of ether oxygens (including phenoxy) is 1. The highest BCUT2D eigenvalue weighted by atomic mass is 32.1. The highest BCUT2D eigenvalue weighted by Crippen LogP contribution is 2.24. The van der Waals surface area contributed by atoms with Gasteiger partial charge in [0, 0.05) is 12.4 Å². The Balaban J connectivity index is 1.43. The van der Waals surface area contributed by atoms with Crippen LogP contribution in [0.5, 0.6) is 0 Å². The third-order valence-corrected chi connectivity index (χ3v) is 4.46. The summed E-state index contributed by atoms with van der Waals surface area (Å²) in [5, 5.41) is 7.10. The third kappa shape index (κ3) is 5.61. The molecule has 138 valence electrons.